The van der Waals surface area contributed by atoms with E-state index >= 15 is 0 Å². The molecule has 25 heavy (non-hydrogen) atoms. The lowest BCUT2D eigenvalue weighted by Gasteiger charge is -2.18. The molecule has 0 aromatic heterocycles. The summed E-state index contributed by atoms with van der Waals surface area (Å²) in [6.45, 7) is 8.37. The number of hydrogen-bond donors (Lipinski definition) is 3. The van der Waals surface area contributed by atoms with Gasteiger partial charge in [-0.15, -0.1) is 0 Å². The van der Waals surface area contributed by atoms with Gasteiger partial charge in [0.2, 0.25) is 0 Å². The Balaban J connectivity index is 2.49. The summed E-state index contributed by atoms with van der Waals surface area (Å²) in [5, 5.41) is 15.6. The second-order valence-electron chi connectivity index (χ2n) is 6.15. The van der Waals surface area contributed by atoms with Crippen molar-refractivity contribution in [3.05, 3.63) is 30.1 Å². The van der Waals surface area contributed by atoms with Gasteiger partial charge in [-0.25, -0.2) is 4.39 Å². The number of benzene rings is 1. The van der Waals surface area contributed by atoms with Gasteiger partial charge in [0.25, 0.3) is 0 Å². The van der Waals surface area contributed by atoms with Crippen LogP contribution in [0, 0.1) is 11.7 Å². The molecule has 5 nitrogen and oxygen atoms in total. The van der Waals surface area contributed by atoms with Crippen molar-refractivity contribution >= 4 is 5.96 Å². The van der Waals surface area contributed by atoms with E-state index in [9.17, 15) is 4.39 Å². The van der Waals surface area contributed by atoms with Crippen molar-refractivity contribution in [3.63, 3.8) is 0 Å². The number of hydrogen-bond acceptors (Lipinski definition) is 3. The first-order valence-electron chi connectivity index (χ1n) is 9.14. The zero-order chi connectivity index (χ0) is 18.5. The van der Waals surface area contributed by atoms with E-state index in [2.05, 4.69) is 22.5 Å². The Morgan fingerprint density at radius 1 is 1.20 bits per heavy atom. The zero-order valence-corrected chi connectivity index (χ0v) is 15.6. The summed E-state index contributed by atoms with van der Waals surface area (Å²) in [6, 6.07) is 6.01. The molecule has 142 valence electrons. The van der Waals surface area contributed by atoms with Gasteiger partial charge in [0.1, 0.15) is 17.7 Å². The van der Waals surface area contributed by atoms with Crippen LogP contribution < -0.4 is 15.4 Å². The lowest BCUT2D eigenvalue weighted by Crippen LogP contribution is -2.42. The predicted octanol–water partition coefficient (Wildman–Crippen LogP) is 2.95. The molecule has 0 aliphatic carbocycles. The lowest BCUT2D eigenvalue weighted by atomic mass is 10.0. The smallest absolute Gasteiger partial charge is 0.191 e. The van der Waals surface area contributed by atoms with Gasteiger partial charge in [-0.3, -0.25) is 4.99 Å². The first-order valence-corrected chi connectivity index (χ1v) is 9.14. The van der Waals surface area contributed by atoms with Crippen LogP contribution in [0.1, 0.15) is 40.0 Å². The SMILES string of the molecule is CCCC(CCO)CN=C(NCC)NCC(C)Oc1ccc(F)cc1. The number of aliphatic hydroxyl groups is 1. The molecule has 2 unspecified atom stereocenters. The maximum atomic E-state index is 12.9. The van der Waals surface area contributed by atoms with Gasteiger partial charge in [-0.05, 0) is 56.9 Å². The topological polar surface area (TPSA) is 65.9 Å². The van der Waals surface area contributed by atoms with Crippen LogP contribution in [0.4, 0.5) is 4.39 Å². The third-order valence-corrected chi connectivity index (χ3v) is 3.79. The van der Waals surface area contributed by atoms with Gasteiger partial charge in [-0.1, -0.05) is 13.3 Å². The highest BCUT2D eigenvalue weighted by molar-refractivity contribution is 5.79. The van der Waals surface area contributed by atoms with Crippen LogP contribution in [0.2, 0.25) is 0 Å². The van der Waals surface area contributed by atoms with Crippen LogP contribution in [0.25, 0.3) is 0 Å². The monoisotopic (exact) mass is 353 g/mol. The third kappa shape index (κ3) is 9.29. The fraction of sp³-hybridized carbons (Fsp3) is 0.632. The van der Waals surface area contributed by atoms with Crippen LogP contribution in [0.5, 0.6) is 5.75 Å². The molecule has 0 bridgehead atoms. The standard InChI is InChI=1S/C19H32FN3O2/c1-4-6-16(11-12-24)14-23-19(21-5-2)22-13-15(3)25-18-9-7-17(20)8-10-18/h7-10,15-16,24H,4-6,11-14H2,1-3H3,(H2,21,22,23). The van der Waals surface area contributed by atoms with Crippen molar-refractivity contribution in [2.45, 2.75) is 46.1 Å². The summed E-state index contributed by atoms with van der Waals surface area (Å²) >= 11 is 0. The summed E-state index contributed by atoms with van der Waals surface area (Å²) in [6.07, 6.45) is 2.85. The normalized spacial score (nSPS) is 14.0. The molecule has 0 aliphatic rings. The molecule has 0 saturated heterocycles. The Kier molecular flexibility index (Phi) is 10.6. The number of rotatable bonds is 11. The van der Waals surface area contributed by atoms with E-state index in [1.54, 1.807) is 12.1 Å². The summed E-state index contributed by atoms with van der Waals surface area (Å²) in [5.74, 6) is 1.52. The molecule has 0 saturated carbocycles. The molecule has 1 aromatic carbocycles. The van der Waals surface area contributed by atoms with Gasteiger partial charge in [-0.2, -0.15) is 0 Å². The highest BCUT2D eigenvalue weighted by Crippen LogP contribution is 2.13. The van der Waals surface area contributed by atoms with Gasteiger partial charge in [0.15, 0.2) is 5.96 Å². The number of guanidine groups is 1. The number of halogens is 1. The number of aliphatic hydroxyl groups excluding tert-OH is 1. The van der Waals surface area contributed by atoms with Gasteiger partial charge < -0.3 is 20.5 Å². The van der Waals surface area contributed by atoms with E-state index in [1.807, 2.05) is 13.8 Å². The van der Waals surface area contributed by atoms with E-state index in [0.717, 1.165) is 31.8 Å². The zero-order valence-electron chi connectivity index (χ0n) is 15.6. The summed E-state index contributed by atoms with van der Waals surface area (Å²) in [4.78, 5) is 4.62. The first-order chi connectivity index (χ1) is 12.1. The molecule has 0 spiro atoms. The predicted molar refractivity (Wildman–Crippen MR) is 101 cm³/mol. The van der Waals surface area contributed by atoms with Crippen molar-refractivity contribution in [1.29, 1.82) is 0 Å². The number of nitrogens with zero attached hydrogens (tertiary/aromatic N) is 1. The molecular formula is C19H32FN3O2. The van der Waals surface area contributed by atoms with Crippen molar-refractivity contribution in [3.8, 4) is 5.75 Å². The van der Waals surface area contributed by atoms with Gasteiger partial charge in [0.05, 0.1) is 6.54 Å². The van der Waals surface area contributed by atoms with E-state index in [4.69, 9.17) is 9.84 Å². The Labute approximate surface area is 150 Å². The minimum absolute atomic E-state index is 0.0850. The average Bonchev–Trinajstić information content (AvgIpc) is 2.59. The van der Waals surface area contributed by atoms with Crippen LogP contribution in [0.3, 0.4) is 0 Å². The first kappa shape index (κ1) is 21.2. The van der Waals surface area contributed by atoms with Gasteiger partial charge in [0, 0.05) is 19.7 Å². The molecule has 0 aliphatic heterocycles. The van der Waals surface area contributed by atoms with Crippen LogP contribution in [-0.2, 0) is 0 Å². The summed E-state index contributed by atoms with van der Waals surface area (Å²) in [5.41, 5.74) is 0. The molecule has 0 radical (unpaired) electrons. The second-order valence-corrected chi connectivity index (χ2v) is 6.15. The molecular weight excluding hydrogens is 321 g/mol. The van der Waals surface area contributed by atoms with Crippen molar-refractivity contribution < 1.29 is 14.2 Å². The van der Waals surface area contributed by atoms with Crippen molar-refractivity contribution in [1.82, 2.24) is 10.6 Å². The van der Waals surface area contributed by atoms with E-state index < -0.39 is 0 Å². The maximum absolute atomic E-state index is 12.9. The Hall–Kier alpha value is -1.82. The minimum Gasteiger partial charge on any atom is -0.489 e. The highest BCUT2D eigenvalue weighted by Gasteiger charge is 2.09. The number of nitrogens with one attached hydrogen (secondary N) is 2. The van der Waals surface area contributed by atoms with Crippen molar-refractivity contribution in [2.75, 3.05) is 26.2 Å². The Morgan fingerprint density at radius 3 is 2.52 bits per heavy atom. The van der Waals surface area contributed by atoms with Crippen LogP contribution in [-0.4, -0.2) is 43.4 Å². The van der Waals surface area contributed by atoms with E-state index in [0.29, 0.717) is 24.8 Å². The molecule has 3 N–H and O–H groups in total. The molecule has 2 atom stereocenters. The van der Waals surface area contributed by atoms with E-state index in [-0.39, 0.29) is 18.5 Å². The fourth-order valence-electron chi connectivity index (χ4n) is 2.51. The fourth-order valence-corrected chi connectivity index (χ4v) is 2.51. The molecule has 1 aromatic rings. The van der Waals surface area contributed by atoms with Crippen LogP contribution in [0.15, 0.2) is 29.3 Å². The number of ether oxygens (including phenoxy) is 1. The Bertz CT molecular complexity index is 488. The van der Waals surface area contributed by atoms with Crippen LogP contribution >= 0.6 is 0 Å². The van der Waals surface area contributed by atoms with E-state index in [1.165, 1.54) is 12.1 Å². The largest absolute Gasteiger partial charge is 0.489 e. The molecule has 0 amide bonds. The minimum atomic E-state index is -0.274. The molecule has 0 heterocycles. The average molecular weight is 353 g/mol. The molecule has 1 rings (SSSR count). The van der Waals surface area contributed by atoms with Crippen molar-refractivity contribution in [2.24, 2.45) is 10.9 Å². The second kappa shape index (κ2) is 12.5. The highest BCUT2D eigenvalue weighted by atomic mass is 19.1. The number of aliphatic imine (C=N–C) groups is 1. The molecule has 0 fully saturated rings. The van der Waals surface area contributed by atoms with Gasteiger partial charge >= 0.3 is 0 Å². The third-order valence-electron chi connectivity index (χ3n) is 3.79. The maximum Gasteiger partial charge on any atom is 0.191 e. The quantitative estimate of drug-likeness (QED) is 0.423. The lowest BCUT2D eigenvalue weighted by molar-refractivity contribution is 0.223. The summed E-state index contributed by atoms with van der Waals surface area (Å²) in [7, 11) is 0. The Morgan fingerprint density at radius 2 is 1.92 bits per heavy atom. The molecule has 6 heteroatoms. The summed E-state index contributed by atoms with van der Waals surface area (Å²) < 4.78 is 18.7.